The lowest BCUT2D eigenvalue weighted by molar-refractivity contribution is 0.510. The van der Waals surface area contributed by atoms with E-state index in [2.05, 4.69) is 299 Å². The Morgan fingerprint density at radius 1 is 0.435 bits per heavy atom. The number of allylic oxidation sites excluding steroid dienone is 2. The summed E-state index contributed by atoms with van der Waals surface area (Å²) >= 11 is 0. The summed E-state index contributed by atoms with van der Waals surface area (Å²) in [7, 11) is 0. The number of furan rings is 2. The Bertz CT molecular complexity index is 5530. The Kier molecular flexibility index (Phi) is 12.1. The van der Waals surface area contributed by atoms with E-state index in [0.29, 0.717) is 27.9 Å². The van der Waals surface area contributed by atoms with E-state index in [-0.39, 0.29) is 16.9 Å². The van der Waals surface area contributed by atoms with Crippen LogP contribution in [0.1, 0.15) is 86.9 Å². The van der Waals surface area contributed by atoms with Crippen LogP contribution in [0.3, 0.4) is 0 Å². The van der Waals surface area contributed by atoms with Gasteiger partial charge in [-0.15, -0.1) is 0 Å². The molecule has 0 fully saturated rings. The fraction of sp³-hybridized carbons (Fsp3) is 0.129. The fourth-order valence-electron chi connectivity index (χ4n) is 15.6. The van der Waals surface area contributed by atoms with Gasteiger partial charge in [-0.2, -0.15) is 10.5 Å². The number of para-hydroxylation sites is 7. The second-order valence-electron chi connectivity index (χ2n) is 26.9. The summed E-state index contributed by atoms with van der Waals surface area (Å²) in [6, 6.07) is 90.4. The van der Waals surface area contributed by atoms with Crippen molar-refractivity contribution in [1.82, 2.24) is 0 Å². The highest BCUT2D eigenvalue weighted by Gasteiger charge is 2.54. The predicted octanol–water partition coefficient (Wildman–Crippen LogP) is 22.9. The van der Waals surface area contributed by atoms with E-state index in [4.69, 9.17) is 8.83 Å². The molecule has 12 aromatic carbocycles. The van der Waals surface area contributed by atoms with Crippen molar-refractivity contribution < 1.29 is 8.83 Å². The summed E-state index contributed by atoms with van der Waals surface area (Å²) in [6.07, 6.45) is 7.89. The van der Waals surface area contributed by atoms with Gasteiger partial charge in [0.25, 0.3) is 0 Å². The van der Waals surface area contributed by atoms with E-state index >= 15 is 0 Å². The van der Waals surface area contributed by atoms with Crippen molar-refractivity contribution in [3.63, 3.8) is 0 Å². The molecule has 0 bridgehead atoms. The van der Waals surface area contributed by atoms with Crippen LogP contribution in [-0.4, -0.2) is 6.04 Å². The maximum atomic E-state index is 10.5. The molecule has 3 aliphatic rings. The molecule has 1 atom stereocenters. The van der Waals surface area contributed by atoms with Crippen LogP contribution in [0.25, 0.3) is 76.5 Å². The standard InChI is InChI=1S/C85H63N5O2/c1-83(2,3)54-40-44-57(45-41-54)89(73-38-20-32-65-63-30-18-22-52(50-86)79(63)91-81(65)73)75-48-69-77(61-28-12-10-26-59(61)75)78-62-29-13-11-27-60(62)76(49-70(78)85(69)67-34-14-16-36-71(67)88(56-24-8-7-9-25-56)72-37-17-15-35-68(72)85)90(58-46-42-55(43-47-58)84(4,5)6)74-39-21-33-66-64-31-19-23-53(51-87)80(64)92-82(66)74/h7-46,48-49,58H,47H2,1-6H3. The van der Waals surface area contributed by atoms with Crippen molar-refractivity contribution in [2.75, 3.05) is 14.7 Å². The predicted molar refractivity (Wildman–Crippen MR) is 378 cm³/mol. The van der Waals surface area contributed by atoms with Crippen LogP contribution in [-0.2, 0) is 10.8 Å². The molecular weight excluding hydrogens is 1120 g/mol. The zero-order chi connectivity index (χ0) is 62.4. The van der Waals surface area contributed by atoms with Gasteiger partial charge in [0.1, 0.15) is 12.1 Å². The summed E-state index contributed by atoms with van der Waals surface area (Å²) in [5.74, 6) is 0. The molecular formula is C85H63N5O2. The van der Waals surface area contributed by atoms with Gasteiger partial charge in [-0.1, -0.05) is 224 Å². The molecule has 14 aromatic rings. The van der Waals surface area contributed by atoms with Crippen LogP contribution in [0.2, 0.25) is 0 Å². The average molecular weight is 1190 g/mol. The monoisotopic (exact) mass is 1190 g/mol. The van der Waals surface area contributed by atoms with Gasteiger partial charge in [-0.25, -0.2) is 0 Å². The van der Waals surface area contributed by atoms with E-state index in [1.165, 1.54) is 27.8 Å². The van der Waals surface area contributed by atoms with E-state index in [1.807, 2.05) is 24.3 Å². The van der Waals surface area contributed by atoms with Crippen LogP contribution >= 0.6 is 0 Å². The quantitative estimate of drug-likeness (QED) is 0.157. The van der Waals surface area contributed by atoms with E-state index in [0.717, 1.165) is 117 Å². The zero-order valence-electron chi connectivity index (χ0n) is 52.1. The molecule has 440 valence electrons. The summed E-state index contributed by atoms with van der Waals surface area (Å²) in [4.78, 5) is 7.40. The highest BCUT2D eigenvalue weighted by atomic mass is 16.3. The van der Waals surface area contributed by atoms with Crippen molar-refractivity contribution in [1.29, 1.82) is 10.5 Å². The molecule has 1 aliphatic heterocycles. The molecule has 92 heavy (non-hydrogen) atoms. The smallest absolute Gasteiger partial charge is 0.159 e. The first-order valence-electron chi connectivity index (χ1n) is 31.8. The molecule has 17 rings (SSSR count). The van der Waals surface area contributed by atoms with Crippen LogP contribution in [0.4, 0.5) is 45.5 Å². The van der Waals surface area contributed by atoms with E-state index < -0.39 is 5.41 Å². The van der Waals surface area contributed by atoms with E-state index in [1.54, 1.807) is 0 Å². The molecule has 0 saturated heterocycles. The minimum atomic E-state index is -0.962. The Balaban J connectivity index is 1.03. The summed E-state index contributed by atoms with van der Waals surface area (Å²) < 4.78 is 14.2. The molecule has 7 heteroatoms. The first-order chi connectivity index (χ1) is 44.8. The number of hydrogen-bond acceptors (Lipinski definition) is 7. The van der Waals surface area contributed by atoms with Crippen molar-refractivity contribution in [2.24, 2.45) is 5.41 Å². The average Bonchev–Trinajstić information content (AvgIpc) is 1.39. The number of nitriles is 2. The number of fused-ring (bicyclic) bond motifs is 19. The third kappa shape index (κ3) is 7.92. The maximum absolute atomic E-state index is 10.5. The number of rotatable bonds is 7. The maximum Gasteiger partial charge on any atom is 0.159 e. The Morgan fingerprint density at radius 2 is 0.902 bits per heavy atom. The second kappa shape index (κ2) is 20.3. The third-order valence-electron chi connectivity index (χ3n) is 19.7. The normalized spacial score (nSPS) is 14.8. The molecule has 0 saturated carbocycles. The summed E-state index contributed by atoms with van der Waals surface area (Å²) in [6.45, 7) is 13.6. The molecule has 2 aliphatic carbocycles. The van der Waals surface area contributed by atoms with Gasteiger partial charge in [0.15, 0.2) is 22.3 Å². The molecule has 3 heterocycles. The lowest BCUT2D eigenvalue weighted by Gasteiger charge is -2.45. The SMILES string of the molecule is CC(C)(C)C1=CCC(N(c2cc3c(c4ccccc24)-c2c(cc(N(c4ccc(C(C)(C)C)cc4)c4cccc5c4oc4c(C#N)cccc45)c4ccccc24)C32c3ccccc3N(c3ccccc3)c3ccccc32)c2cccc3c2oc2c(C#N)cccc23)C=C1. The van der Waals surface area contributed by atoms with Gasteiger partial charge < -0.3 is 23.5 Å². The minimum absolute atomic E-state index is 0.0564. The van der Waals surface area contributed by atoms with Crippen molar-refractivity contribution in [3.05, 3.63) is 299 Å². The summed E-state index contributed by atoms with van der Waals surface area (Å²) in [5, 5.41) is 29.2. The molecule has 7 nitrogen and oxygen atoms in total. The molecule has 1 unspecified atom stereocenters. The van der Waals surface area contributed by atoms with Gasteiger partial charge in [-0.3, -0.25) is 0 Å². The number of nitrogens with zero attached hydrogens (tertiary/aromatic N) is 5. The Morgan fingerprint density at radius 3 is 1.43 bits per heavy atom. The van der Waals surface area contributed by atoms with Gasteiger partial charge in [0.05, 0.1) is 56.7 Å². The first-order valence-corrected chi connectivity index (χ1v) is 31.8. The lowest BCUT2D eigenvalue weighted by Crippen LogP contribution is -2.37. The Labute approximate surface area is 534 Å². The highest BCUT2D eigenvalue weighted by molar-refractivity contribution is 6.21. The molecule has 2 aromatic heterocycles. The molecule has 0 amide bonds. The number of hydrogen-bond donors (Lipinski definition) is 0. The molecule has 0 N–H and O–H groups in total. The number of anilines is 8. The first kappa shape index (κ1) is 54.7. The molecule has 1 spiro atoms. The van der Waals surface area contributed by atoms with Gasteiger partial charge in [0.2, 0.25) is 0 Å². The Hall–Kier alpha value is -11.4. The number of benzene rings is 12. The topological polar surface area (TPSA) is 83.6 Å². The zero-order valence-corrected chi connectivity index (χ0v) is 52.1. The molecule has 0 radical (unpaired) electrons. The third-order valence-corrected chi connectivity index (χ3v) is 19.7. The van der Waals surface area contributed by atoms with E-state index in [9.17, 15) is 10.5 Å². The van der Waals surface area contributed by atoms with Crippen LogP contribution < -0.4 is 14.7 Å². The summed E-state index contributed by atoms with van der Waals surface area (Å²) in [5.41, 5.74) is 20.0. The van der Waals surface area contributed by atoms with Gasteiger partial charge in [-0.05, 0) is 145 Å². The lowest BCUT2D eigenvalue weighted by atomic mass is 9.64. The van der Waals surface area contributed by atoms with Crippen LogP contribution in [0.15, 0.2) is 269 Å². The fourth-order valence-corrected chi connectivity index (χ4v) is 15.6. The van der Waals surface area contributed by atoms with Crippen molar-refractivity contribution in [3.8, 4) is 23.3 Å². The van der Waals surface area contributed by atoms with Gasteiger partial charge >= 0.3 is 0 Å². The van der Waals surface area contributed by atoms with Gasteiger partial charge in [0, 0.05) is 43.7 Å². The van der Waals surface area contributed by atoms with Crippen molar-refractivity contribution in [2.45, 2.75) is 64.8 Å². The van der Waals surface area contributed by atoms with Crippen molar-refractivity contribution >= 4 is 111 Å². The highest BCUT2D eigenvalue weighted by Crippen LogP contribution is 2.67. The van der Waals surface area contributed by atoms with Crippen LogP contribution in [0.5, 0.6) is 0 Å². The largest absolute Gasteiger partial charge is 0.452 e. The second-order valence-corrected chi connectivity index (χ2v) is 26.9. The minimum Gasteiger partial charge on any atom is -0.452 e. The van der Waals surface area contributed by atoms with Crippen LogP contribution in [0, 0.1) is 28.1 Å².